The van der Waals surface area contributed by atoms with Crippen LogP contribution in [0.1, 0.15) is 53.4 Å². The minimum absolute atomic E-state index is 0.284. The Labute approximate surface area is 192 Å². The van der Waals surface area contributed by atoms with E-state index in [1.54, 1.807) is 24.4 Å². The molecule has 170 valence electrons. The van der Waals surface area contributed by atoms with Crippen LogP contribution in [0.2, 0.25) is 0 Å². The van der Waals surface area contributed by atoms with Crippen LogP contribution in [0, 0.1) is 11.2 Å². The Morgan fingerprint density at radius 1 is 1.21 bits per heavy atom. The van der Waals surface area contributed by atoms with E-state index in [9.17, 15) is 14.3 Å². The van der Waals surface area contributed by atoms with E-state index in [2.05, 4.69) is 18.1 Å². The Kier molecular flexibility index (Phi) is 5.20. The number of rotatable bonds is 5. The van der Waals surface area contributed by atoms with Gasteiger partial charge in [-0.2, -0.15) is 5.10 Å². The molecule has 1 heterocycles. The molecule has 5 nitrogen and oxygen atoms in total. The van der Waals surface area contributed by atoms with Crippen molar-refractivity contribution < 1.29 is 19.0 Å². The van der Waals surface area contributed by atoms with Gasteiger partial charge in [-0.25, -0.2) is 13.9 Å². The minimum atomic E-state index is -0.961. The molecule has 1 N–H and O–H groups in total. The van der Waals surface area contributed by atoms with Gasteiger partial charge in [0.2, 0.25) is 0 Å². The smallest absolute Gasteiger partial charge is 0.338 e. The van der Waals surface area contributed by atoms with Gasteiger partial charge in [-0.05, 0) is 73.2 Å². The van der Waals surface area contributed by atoms with Crippen LogP contribution in [0.25, 0.3) is 11.8 Å². The van der Waals surface area contributed by atoms with E-state index in [0.29, 0.717) is 18.4 Å². The van der Waals surface area contributed by atoms with Gasteiger partial charge in [-0.15, -0.1) is 0 Å². The number of hydrogen-bond donors (Lipinski definition) is 1. The fourth-order valence-electron chi connectivity index (χ4n) is 5.43. The van der Waals surface area contributed by atoms with Gasteiger partial charge in [0.25, 0.3) is 0 Å². The first-order valence-corrected chi connectivity index (χ1v) is 11.3. The van der Waals surface area contributed by atoms with Crippen LogP contribution in [-0.2, 0) is 17.6 Å². The molecule has 0 radical (unpaired) electrons. The van der Waals surface area contributed by atoms with E-state index in [1.807, 2.05) is 22.9 Å². The van der Waals surface area contributed by atoms with Crippen molar-refractivity contribution >= 4 is 12.0 Å². The maximum atomic E-state index is 13.4. The number of nitrogens with zero attached hydrogens (tertiary/aromatic N) is 2. The molecule has 1 unspecified atom stereocenters. The highest BCUT2D eigenvalue weighted by Gasteiger charge is 2.55. The number of carbonyl (C=O) groups excluding carboxylic acids is 1. The summed E-state index contributed by atoms with van der Waals surface area (Å²) in [6.07, 6.45) is 7.45. The molecule has 3 aromatic rings. The number of carbonyl (C=O) groups is 1. The zero-order chi connectivity index (χ0) is 23.2. The highest BCUT2D eigenvalue weighted by atomic mass is 19.1. The molecule has 1 saturated carbocycles. The van der Waals surface area contributed by atoms with Crippen molar-refractivity contribution in [2.45, 2.75) is 44.6 Å². The normalized spacial score (nSPS) is 23.6. The van der Waals surface area contributed by atoms with Crippen LogP contribution < -0.4 is 0 Å². The van der Waals surface area contributed by atoms with Crippen molar-refractivity contribution in [2.75, 3.05) is 7.11 Å². The second kappa shape index (κ2) is 7.96. The number of hydrogen-bond acceptors (Lipinski definition) is 4. The first kappa shape index (κ1) is 21.6. The van der Waals surface area contributed by atoms with Crippen LogP contribution in [0.5, 0.6) is 0 Å². The number of benzene rings is 2. The zero-order valence-electron chi connectivity index (χ0n) is 18.8. The lowest BCUT2D eigenvalue weighted by atomic mass is 9.67. The minimum Gasteiger partial charge on any atom is -0.465 e. The van der Waals surface area contributed by atoms with E-state index < -0.39 is 5.60 Å². The number of aliphatic hydroxyl groups is 1. The third-order valence-corrected chi connectivity index (χ3v) is 7.56. The molecule has 2 aliphatic carbocycles. The maximum absolute atomic E-state index is 13.4. The van der Waals surface area contributed by atoms with Crippen molar-refractivity contribution in [3.63, 3.8) is 0 Å². The SMILES string of the molecule is COC(=O)c1ccccc1CC[C@]1(C)CCC2=Cc3c(cnn3-c3ccc(F)cc3)CC21O. The summed E-state index contributed by atoms with van der Waals surface area (Å²) in [5, 5.41) is 16.5. The van der Waals surface area contributed by atoms with Gasteiger partial charge in [-0.3, -0.25) is 0 Å². The number of ether oxygens (including phenoxy) is 1. The molecule has 2 aliphatic rings. The first-order valence-electron chi connectivity index (χ1n) is 11.3. The second-order valence-electron chi connectivity index (χ2n) is 9.36. The van der Waals surface area contributed by atoms with Crippen molar-refractivity contribution in [1.29, 1.82) is 0 Å². The molecule has 2 aromatic carbocycles. The summed E-state index contributed by atoms with van der Waals surface area (Å²) < 4.78 is 20.1. The lowest BCUT2D eigenvalue weighted by Crippen LogP contribution is -2.46. The average Bonchev–Trinajstić information content (AvgIpc) is 3.34. The molecule has 5 rings (SSSR count). The zero-order valence-corrected chi connectivity index (χ0v) is 18.8. The summed E-state index contributed by atoms with van der Waals surface area (Å²) in [6.45, 7) is 2.14. The lowest BCUT2D eigenvalue weighted by molar-refractivity contribution is -0.0293. The number of aromatic nitrogens is 2. The Balaban J connectivity index is 1.42. The first-order chi connectivity index (χ1) is 15.8. The van der Waals surface area contributed by atoms with Gasteiger partial charge in [0.05, 0.1) is 35.9 Å². The molecule has 1 fully saturated rings. The molecule has 0 saturated heterocycles. The molecular formula is C27H27FN2O3. The predicted octanol–water partition coefficient (Wildman–Crippen LogP) is 4.90. The molecule has 0 amide bonds. The average molecular weight is 447 g/mol. The van der Waals surface area contributed by atoms with Crippen LogP contribution in [0.3, 0.4) is 0 Å². The number of esters is 1. The third kappa shape index (κ3) is 3.49. The second-order valence-corrected chi connectivity index (χ2v) is 9.36. The lowest BCUT2D eigenvalue weighted by Gasteiger charge is -2.42. The summed E-state index contributed by atoms with van der Waals surface area (Å²) in [4.78, 5) is 12.2. The van der Waals surface area contributed by atoms with Crippen molar-refractivity contribution in [1.82, 2.24) is 9.78 Å². The maximum Gasteiger partial charge on any atom is 0.338 e. The molecule has 0 spiro atoms. The number of methoxy groups -OCH3 is 1. The van der Waals surface area contributed by atoms with Gasteiger partial charge in [-0.1, -0.05) is 25.1 Å². The van der Waals surface area contributed by atoms with E-state index in [4.69, 9.17) is 4.74 Å². The molecule has 0 bridgehead atoms. The molecule has 2 atom stereocenters. The Morgan fingerprint density at radius 3 is 2.73 bits per heavy atom. The standard InChI is InChI=1S/C27H27FN2O3/c1-26(13-11-18-5-3-4-6-23(18)25(31)33-2)14-12-20-15-24-19(16-27(20,26)32)17-29-30(24)22-9-7-21(28)8-10-22/h3-10,15,17,32H,11-14,16H2,1-2H3/t26-,27?/m1/s1. The Bertz CT molecular complexity index is 1250. The highest BCUT2D eigenvalue weighted by molar-refractivity contribution is 5.91. The van der Waals surface area contributed by atoms with Crippen LogP contribution >= 0.6 is 0 Å². The van der Waals surface area contributed by atoms with E-state index in [1.165, 1.54) is 19.2 Å². The van der Waals surface area contributed by atoms with Gasteiger partial charge < -0.3 is 9.84 Å². The van der Waals surface area contributed by atoms with Crippen molar-refractivity contribution in [2.24, 2.45) is 5.41 Å². The monoisotopic (exact) mass is 446 g/mol. The highest BCUT2D eigenvalue weighted by Crippen LogP contribution is 2.56. The van der Waals surface area contributed by atoms with Gasteiger partial charge in [0.15, 0.2) is 0 Å². The Hall–Kier alpha value is -3.25. The summed E-state index contributed by atoms with van der Waals surface area (Å²) in [5.41, 5.74) is 3.95. The largest absolute Gasteiger partial charge is 0.465 e. The quantitative estimate of drug-likeness (QED) is 0.566. The van der Waals surface area contributed by atoms with Gasteiger partial charge in [0.1, 0.15) is 5.82 Å². The summed E-state index contributed by atoms with van der Waals surface area (Å²) in [5.74, 6) is -0.621. The van der Waals surface area contributed by atoms with Crippen molar-refractivity contribution in [3.8, 4) is 5.69 Å². The topological polar surface area (TPSA) is 64.3 Å². The number of fused-ring (bicyclic) bond motifs is 2. The van der Waals surface area contributed by atoms with Gasteiger partial charge >= 0.3 is 5.97 Å². The van der Waals surface area contributed by atoms with E-state index in [0.717, 1.165) is 47.3 Å². The summed E-state index contributed by atoms with van der Waals surface area (Å²) in [7, 11) is 1.39. The fourth-order valence-corrected chi connectivity index (χ4v) is 5.43. The summed E-state index contributed by atoms with van der Waals surface area (Å²) >= 11 is 0. The van der Waals surface area contributed by atoms with Crippen LogP contribution in [0.4, 0.5) is 4.39 Å². The van der Waals surface area contributed by atoms with Crippen molar-refractivity contribution in [3.05, 3.63) is 88.5 Å². The molecule has 1 aromatic heterocycles. The van der Waals surface area contributed by atoms with Crippen LogP contribution in [0.15, 0.2) is 60.3 Å². The summed E-state index contributed by atoms with van der Waals surface area (Å²) in [6, 6.07) is 13.8. The molecule has 0 aliphatic heterocycles. The molecule has 6 heteroatoms. The molecular weight excluding hydrogens is 419 g/mol. The fraction of sp³-hybridized carbons (Fsp3) is 0.333. The van der Waals surface area contributed by atoms with Crippen LogP contribution in [-0.4, -0.2) is 33.6 Å². The number of aryl methyl sites for hydroxylation is 1. The Morgan fingerprint density at radius 2 is 1.97 bits per heavy atom. The van der Waals surface area contributed by atoms with Gasteiger partial charge in [0, 0.05) is 17.4 Å². The predicted molar refractivity (Wildman–Crippen MR) is 124 cm³/mol. The third-order valence-electron chi connectivity index (χ3n) is 7.56. The van der Waals surface area contributed by atoms with E-state index >= 15 is 0 Å². The number of halogens is 1. The van der Waals surface area contributed by atoms with E-state index in [-0.39, 0.29) is 17.2 Å². The molecule has 33 heavy (non-hydrogen) atoms.